The number of nitrogens with two attached hydrogens (primary N) is 1. The standard InChI is InChI=1S/C15H15BrClNO2/c1-19-13-7-11(12(16)8-14(13)20-2)15(18)9-3-5-10(17)6-4-9/h3-8,15H,18H2,1-2H3. The lowest BCUT2D eigenvalue weighted by molar-refractivity contribution is 0.354. The zero-order valence-corrected chi connectivity index (χ0v) is 13.5. The van der Waals surface area contributed by atoms with Gasteiger partial charge in [0.25, 0.3) is 0 Å². The molecule has 1 unspecified atom stereocenters. The first-order valence-corrected chi connectivity index (χ1v) is 7.16. The first-order chi connectivity index (χ1) is 9.56. The van der Waals surface area contributed by atoms with E-state index in [0.717, 1.165) is 15.6 Å². The van der Waals surface area contributed by atoms with Gasteiger partial charge in [0.05, 0.1) is 20.3 Å². The molecule has 0 heterocycles. The Kier molecular flexibility index (Phi) is 4.91. The highest BCUT2D eigenvalue weighted by Gasteiger charge is 2.16. The van der Waals surface area contributed by atoms with Crippen LogP contribution >= 0.6 is 27.5 Å². The summed E-state index contributed by atoms with van der Waals surface area (Å²) < 4.78 is 11.4. The maximum Gasteiger partial charge on any atom is 0.161 e. The molecular formula is C15H15BrClNO2. The summed E-state index contributed by atoms with van der Waals surface area (Å²) in [5.41, 5.74) is 8.21. The van der Waals surface area contributed by atoms with E-state index in [4.69, 9.17) is 26.8 Å². The molecule has 0 bridgehead atoms. The van der Waals surface area contributed by atoms with Crippen LogP contribution in [0.1, 0.15) is 17.2 Å². The summed E-state index contributed by atoms with van der Waals surface area (Å²) in [6, 6.07) is 10.9. The molecule has 0 spiro atoms. The Hall–Kier alpha value is -1.23. The van der Waals surface area contributed by atoms with E-state index in [1.54, 1.807) is 14.2 Å². The van der Waals surface area contributed by atoms with Crippen LogP contribution in [-0.4, -0.2) is 14.2 Å². The zero-order valence-electron chi connectivity index (χ0n) is 11.2. The van der Waals surface area contributed by atoms with Crippen molar-refractivity contribution in [2.75, 3.05) is 14.2 Å². The van der Waals surface area contributed by atoms with E-state index < -0.39 is 0 Å². The van der Waals surface area contributed by atoms with Crippen molar-refractivity contribution < 1.29 is 9.47 Å². The minimum absolute atomic E-state index is 0.276. The third-order valence-electron chi connectivity index (χ3n) is 3.07. The van der Waals surface area contributed by atoms with Crippen LogP contribution < -0.4 is 15.2 Å². The Morgan fingerprint density at radius 2 is 1.60 bits per heavy atom. The maximum atomic E-state index is 6.31. The minimum atomic E-state index is -0.276. The molecule has 0 aliphatic carbocycles. The lowest BCUT2D eigenvalue weighted by Crippen LogP contribution is -2.12. The van der Waals surface area contributed by atoms with Crippen molar-refractivity contribution in [2.24, 2.45) is 5.73 Å². The van der Waals surface area contributed by atoms with Crippen molar-refractivity contribution >= 4 is 27.5 Å². The molecule has 0 saturated carbocycles. The summed E-state index contributed by atoms with van der Waals surface area (Å²) >= 11 is 9.42. The second-order valence-corrected chi connectivity index (χ2v) is 5.55. The third-order valence-corrected chi connectivity index (χ3v) is 4.01. The van der Waals surface area contributed by atoms with E-state index in [1.165, 1.54) is 0 Å². The summed E-state index contributed by atoms with van der Waals surface area (Å²) in [5, 5.41) is 0.687. The van der Waals surface area contributed by atoms with Crippen molar-refractivity contribution in [3.05, 3.63) is 57.0 Å². The monoisotopic (exact) mass is 355 g/mol. The van der Waals surface area contributed by atoms with Crippen molar-refractivity contribution in [3.63, 3.8) is 0 Å². The van der Waals surface area contributed by atoms with Crippen molar-refractivity contribution in [1.82, 2.24) is 0 Å². The van der Waals surface area contributed by atoms with Gasteiger partial charge in [-0.3, -0.25) is 0 Å². The zero-order chi connectivity index (χ0) is 14.7. The smallest absolute Gasteiger partial charge is 0.161 e. The van der Waals surface area contributed by atoms with Crippen molar-refractivity contribution in [3.8, 4) is 11.5 Å². The second-order valence-electron chi connectivity index (χ2n) is 4.26. The molecule has 1 atom stereocenters. The van der Waals surface area contributed by atoms with Crippen LogP contribution in [0.5, 0.6) is 11.5 Å². The van der Waals surface area contributed by atoms with Gasteiger partial charge in [-0.25, -0.2) is 0 Å². The van der Waals surface area contributed by atoms with Gasteiger partial charge in [-0.1, -0.05) is 39.7 Å². The lowest BCUT2D eigenvalue weighted by atomic mass is 9.99. The second kappa shape index (κ2) is 6.48. The Morgan fingerprint density at radius 1 is 1.05 bits per heavy atom. The summed E-state index contributed by atoms with van der Waals surface area (Å²) in [6.07, 6.45) is 0. The largest absolute Gasteiger partial charge is 0.493 e. The maximum absolute atomic E-state index is 6.31. The Bertz CT molecular complexity index is 602. The van der Waals surface area contributed by atoms with E-state index in [0.29, 0.717) is 16.5 Å². The van der Waals surface area contributed by atoms with Gasteiger partial charge in [0, 0.05) is 9.50 Å². The molecule has 20 heavy (non-hydrogen) atoms. The molecule has 5 heteroatoms. The molecule has 0 aliphatic rings. The first-order valence-electron chi connectivity index (χ1n) is 5.99. The molecule has 0 saturated heterocycles. The fourth-order valence-electron chi connectivity index (χ4n) is 1.96. The highest BCUT2D eigenvalue weighted by molar-refractivity contribution is 9.10. The molecular weight excluding hydrogens is 342 g/mol. The number of hydrogen-bond donors (Lipinski definition) is 1. The molecule has 3 nitrogen and oxygen atoms in total. The van der Waals surface area contributed by atoms with Gasteiger partial charge in [-0.2, -0.15) is 0 Å². The molecule has 106 valence electrons. The van der Waals surface area contributed by atoms with Crippen LogP contribution in [0, 0.1) is 0 Å². The predicted octanol–water partition coefficient (Wildman–Crippen LogP) is 4.17. The lowest BCUT2D eigenvalue weighted by Gasteiger charge is -2.17. The number of methoxy groups -OCH3 is 2. The van der Waals surface area contributed by atoms with Gasteiger partial charge in [0.15, 0.2) is 11.5 Å². The molecule has 2 aromatic carbocycles. The average Bonchev–Trinajstić information content (AvgIpc) is 2.47. The third kappa shape index (κ3) is 3.08. The number of halogens is 2. The number of rotatable bonds is 4. The summed E-state index contributed by atoms with van der Waals surface area (Å²) in [4.78, 5) is 0. The molecule has 0 amide bonds. The van der Waals surface area contributed by atoms with Crippen LogP contribution in [0.4, 0.5) is 0 Å². The summed E-state index contributed by atoms with van der Waals surface area (Å²) in [7, 11) is 3.20. The van der Waals surface area contributed by atoms with Crippen LogP contribution in [-0.2, 0) is 0 Å². The minimum Gasteiger partial charge on any atom is -0.493 e. The van der Waals surface area contributed by atoms with Gasteiger partial charge < -0.3 is 15.2 Å². The fraction of sp³-hybridized carbons (Fsp3) is 0.200. The molecule has 0 fully saturated rings. The first kappa shape index (κ1) is 15.2. The SMILES string of the molecule is COc1cc(Br)c(C(N)c2ccc(Cl)cc2)cc1OC. The van der Waals surface area contributed by atoms with Crippen LogP contribution in [0.15, 0.2) is 40.9 Å². The Morgan fingerprint density at radius 3 is 2.15 bits per heavy atom. The van der Waals surface area contributed by atoms with Gasteiger partial charge in [0.2, 0.25) is 0 Å². The number of benzene rings is 2. The van der Waals surface area contributed by atoms with E-state index >= 15 is 0 Å². The average molecular weight is 357 g/mol. The highest BCUT2D eigenvalue weighted by atomic mass is 79.9. The summed E-state index contributed by atoms with van der Waals surface area (Å²) in [5.74, 6) is 1.31. The predicted molar refractivity (Wildman–Crippen MR) is 84.7 cm³/mol. The topological polar surface area (TPSA) is 44.5 Å². The van der Waals surface area contributed by atoms with Gasteiger partial charge in [-0.05, 0) is 35.4 Å². The van der Waals surface area contributed by atoms with Crippen LogP contribution in [0.3, 0.4) is 0 Å². The van der Waals surface area contributed by atoms with Gasteiger partial charge >= 0.3 is 0 Å². The van der Waals surface area contributed by atoms with Gasteiger partial charge in [0.1, 0.15) is 0 Å². The quantitative estimate of drug-likeness (QED) is 0.894. The highest BCUT2D eigenvalue weighted by Crippen LogP contribution is 2.37. The Balaban J connectivity index is 2.43. The number of hydrogen-bond acceptors (Lipinski definition) is 3. The molecule has 2 aromatic rings. The van der Waals surface area contributed by atoms with Crippen molar-refractivity contribution in [1.29, 1.82) is 0 Å². The normalized spacial score (nSPS) is 12.1. The van der Waals surface area contributed by atoms with Crippen molar-refractivity contribution in [2.45, 2.75) is 6.04 Å². The molecule has 2 N–H and O–H groups in total. The van der Waals surface area contributed by atoms with E-state index in [-0.39, 0.29) is 6.04 Å². The van der Waals surface area contributed by atoms with E-state index in [1.807, 2.05) is 36.4 Å². The number of ether oxygens (including phenoxy) is 2. The fourth-order valence-corrected chi connectivity index (χ4v) is 2.65. The summed E-state index contributed by atoms with van der Waals surface area (Å²) in [6.45, 7) is 0. The molecule has 0 radical (unpaired) electrons. The molecule has 0 aliphatic heterocycles. The van der Waals surface area contributed by atoms with E-state index in [9.17, 15) is 0 Å². The van der Waals surface area contributed by atoms with Crippen LogP contribution in [0.25, 0.3) is 0 Å². The van der Waals surface area contributed by atoms with E-state index in [2.05, 4.69) is 15.9 Å². The van der Waals surface area contributed by atoms with Gasteiger partial charge in [-0.15, -0.1) is 0 Å². The van der Waals surface area contributed by atoms with Crippen LogP contribution in [0.2, 0.25) is 5.02 Å². The molecule has 2 rings (SSSR count). The Labute approximate surface area is 131 Å². The molecule has 0 aromatic heterocycles.